The average Bonchev–Trinajstić information content (AvgIpc) is 3.04. The number of aromatic nitrogens is 1. The fourth-order valence-electron chi connectivity index (χ4n) is 2.83. The maximum Gasteiger partial charge on any atom is 0.228 e. The van der Waals surface area contributed by atoms with E-state index in [1.807, 2.05) is 37.3 Å². The normalized spacial score (nSPS) is 11.8. The van der Waals surface area contributed by atoms with Crippen molar-refractivity contribution in [1.29, 1.82) is 0 Å². The van der Waals surface area contributed by atoms with Crippen molar-refractivity contribution in [2.75, 3.05) is 12.4 Å². The van der Waals surface area contributed by atoms with Crippen molar-refractivity contribution < 1.29 is 14.3 Å². The number of rotatable bonds is 6. The van der Waals surface area contributed by atoms with Crippen LogP contribution in [0.5, 0.6) is 5.75 Å². The number of hydrogen-bond acceptors (Lipinski definition) is 5. The van der Waals surface area contributed by atoms with Gasteiger partial charge >= 0.3 is 0 Å². The minimum absolute atomic E-state index is 0.112. The highest BCUT2D eigenvalue weighted by atomic mass is 32.1. The lowest BCUT2D eigenvalue weighted by Crippen LogP contribution is -2.29. The number of thiazole rings is 1. The summed E-state index contributed by atoms with van der Waals surface area (Å²) in [5.41, 5.74) is 2.80. The Hall–Kier alpha value is -2.93. The molecular formula is C20H21N3O3S. The summed E-state index contributed by atoms with van der Waals surface area (Å²) in [4.78, 5) is 28.6. The highest BCUT2D eigenvalue weighted by molar-refractivity contribution is 7.22. The minimum Gasteiger partial charge on any atom is -0.497 e. The Morgan fingerprint density at radius 2 is 1.93 bits per heavy atom. The summed E-state index contributed by atoms with van der Waals surface area (Å²) in [6, 6.07) is 12.8. The van der Waals surface area contributed by atoms with Crippen molar-refractivity contribution >= 4 is 38.5 Å². The number of fused-ring (bicyclic) bond motifs is 1. The molecule has 0 saturated heterocycles. The van der Waals surface area contributed by atoms with E-state index >= 15 is 0 Å². The Kier molecular flexibility index (Phi) is 5.71. The van der Waals surface area contributed by atoms with Crippen LogP contribution in [0.25, 0.3) is 10.2 Å². The van der Waals surface area contributed by atoms with E-state index in [0.29, 0.717) is 5.13 Å². The molecule has 0 saturated carbocycles. The molecule has 0 aliphatic carbocycles. The van der Waals surface area contributed by atoms with Gasteiger partial charge in [-0.05, 0) is 36.2 Å². The zero-order chi connectivity index (χ0) is 19.4. The van der Waals surface area contributed by atoms with Crippen LogP contribution in [-0.2, 0) is 9.59 Å². The van der Waals surface area contributed by atoms with Crippen LogP contribution in [0, 0.1) is 6.92 Å². The fourth-order valence-corrected chi connectivity index (χ4v) is 3.79. The standard InChI is InChI=1S/C20H21N3O3S/c1-12-5-4-6-17-19(12)23-20(27-17)22-18(25)11-16(21-13(2)24)14-7-9-15(26-3)10-8-14/h4-10,16H,11H2,1-3H3,(H,21,24)(H,22,23,25). The van der Waals surface area contributed by atoms with Crippen molar-refractivity contribution in [3.8, 4) is 5.75 Å². The van der Waals surface area contributed by atoms with E-state index in [1.165, 1.54) is 18.3 Å². The summed E-state index contributed by atoms with van der Waals surface area (Å²) in [5.74, 6) is 0.315. The third kappa shape index (κ3) is 4.62. The largest absolute Gasteiger partial charge is 0.497 e. The molecule has 3 aromatic rings. The molecule has 7 heteroatoms. The van der Waals surface area contributed by atoms with Gasteiger partial charge in [-0.15, -0.1) is 0 Å². The lowest BCUT2D eigenvalue weighted by Gasteiger charge is -2.18. The highest BCUT2D eigenvalue weighted by Crippen LogP contribution is 2.28. The molecule has 0 aliphatic heterocycles. The first-order chi connectivity index (χ1) is 13.0. The number of ether oxygens (including phenoxy) is 1. The fraction of sp³-hybridized carbons (Fsp3) is 0.250. The predicted octanol–water partition coefficient (Wildman–Crippen LogP) is 3.82. The second-order valence-corrected chi connectivity index (χ2v) is 7.25. The molecule has 0 radical (unpaired) electrons. The molecule has 1 unspecified atom stereocenters. The SMILES string of the molecule is COc1ccc(C(CC(=O)Nc2nc3c(C)cccc3s2)NC(C)=O)cc1. The molecule has 0 fully saturated rings. The topological polar surface area (TPSA) is 80.3 Å². The summed E-state index contributed by atoms with van der Waals surface area (Å²) < 4.78 is 6.18. The first-order valence-electron chi connectivity index (χ1n) is 8.53. The van der Waals surface area contributed by atoms with Crippen LogP contribution in [0.2, 0.25) is 0 Å². The number of carbonyl (C=O) groups is 2. The van der Waals surface area contributed by atoms with E-state index in [-0.39, 0.29) is 18.2 Å². The molecular weight excluding hydrogens is 362 g/mol. The summed E-state index contributed by atoms with van der Waals surface area (Å²) >= 11 is 1.43. The molecule has 0 aliphatic rings. The van der Waals surface area contributed by atoms with E-state index in [4.69, 9.17) is 4.74 Å². The Labute approximate surface area is 161 Å². The molecule has 2 amide bonds. The maximum absolute atomic E-state index is 12.5. The number of benzene rings is 2. The Balaban J connectivity index is 1.74. The van der Waals surface area contributed by atoms with Crippen LogP contribution in [0.1, 0.15) is 30.5 Å². The number of anilines is 1. The number of carbonyl (C=O) groups excluding carboxylic acids is 2. The number of hydrogen-bond donors (Lipinski definition) is 2. The molecule has 1 aromatic heterocycles. The molecule has 27 heavy (non-hydrogen) atoms. The third-order valence-electron chi connectivity index (χ3n) is 4.15. The second-order valence-electron chi connectivity index (χ2n) is 6.22. The molecule has 1 atom stereocenters. The summed E-state index contributed by atoms with van der Waals surface area (Å²) in [7, 11) is 1.59. The Morgan fingerprint density at radius 3 is 2.56 bits per heavy atom. The first-order valence-corrected chi connectivity index (χ1v) is 9.35. The van der Waals surface area contributed by atoms with Gasteiger partial charge in [0.2, 0.25) is 11.8 Å². The zero-order valence-corrected chi connectivity index (χ0v) is 16.2. The second kappa shape index (κ2) is 8.18. The number of para-hydroxylation sites is 1. The molecule has 0 spiro atoms. The molecule has 0 bridgehead atoms. The molecule has 1 heterocycles. The van der Waals surface area contributed by atoms with E-state index in [1.54, 1.807) is 19.2 Å². The van der Waals surface area contributed by atoms with Gasteiger partial charge in [-0.25, -0.2) is 4.98 Å². The quantitative estimate of drug-likeness (QED) is 0.678. The minimum atomic E-state index is -0.426. The molecule has 3 rings (SSSR count). The molecule has 140 valence electrons. The van der Waals surface area contributed by atoms with Crippen LogP contribution in [-0.4, -0.2) is 23.9 Å². The van der Waals surface area contributed by atoms with Gasteiger partial charge in [0.05, 0.1) is 29.8 Å². The number of amides is 2. The number of nitrogens with one attached hydrogen (secondary N) is 2. The van der Waals surface area contributed by atoms with E-state index < -0.39 is 6.04 Å². The van der Waals surface area contributed by atoms with Crippen LogP contribution in [0.15, 0.2) is 42.5 Å². The molecule has 2 aromatic carbocycles. The van der Waals surface area contributed by atoms with Gasteiger partial charge in [-0.3, -0.25) is 9.59 Å². The monoisotopic (exact) mass is 383 g/mol. The van der Waals surface area contributed by atoms with Gasteiger partial charge in [-0.2, -0.15) is 0 Å². The van der Waals surface area contributed by atoms with E-state index in [9.17, 15) is 9.59 Å². The summed E-state index contributed by atoms with van der Waals surface area (Å²) in [6.45, 7) is 3.43. The number of nitrogens with zero attached hydrogens (tertiary/aromatic N) is 1. The van der Waals surface area contributed by atoms with Gasteiger partial charge in [0.25, 0.3) is 0 Å². The Bertz CT molecular complexity index is 966. The Morgan fingerprint density at radius 1 is 1.19 bits per heavy atom. The zero-order valence-electron chi connectivity index (χ0n) is 15.4. The van der Waals surface area contributed by atoms with E-state index in [0.717, 1.165) is 27.1 Å². The van der Waals surface area contributed by atoms with Gasteiger partial charge < -0.3 is 15.4 Å². The number of methoxy groups -OCH3 is 1. The lowest BCUT2D eigenvalue weighted by molar-refractivity contribution is -0.120. The van der Waals surface area contributed by atoms with Crippen molar-refractivity contribution in [2.45, 2.75) is 26.3 Å². The highest BCUT2D eigenvalue weighted by Gasteiger charge is 2.18. The summed E-state index contributed by atoms with van der Waals surface area (Å²) in [5, 5.41) is 6.23. The van der Waals surface area contributed by atoms with Crippen LogP contribution in [0.4, 0.5) is 5.13 Å². The van der Waals surface area contributed by atoms with Crippen molar-refractivity contribution in [3.63, 3.8) is 0 Å². The average molecular weight is 383 g/mol. The van der Waals surface area contributed by atoms with Crippen molar-refractivity contribution in [1.82, 2.24) is 10.3 Å². The predicted molar refractivity (Wildman–Crippen MR) is 107 cm³/mol. The van der Waals surface area contributed by atoms with Crippen molar-refractivity contribution in [3.05, 3.63) is 53.6 Å². The van der Waals surface area contributed by atoms with Crippen LogP contribution >= 0.6 is 11.3 Å². The smallest absolute Gasteiger partial charge is 0.228 e. The van der Waals surface area contributed by atoms with Gasteiger partial charge in [0, 0.05) is 6.92 Å². The van der Waals surface area contributed by atoms with Gasteiger partial charge in [0.15, 0.2) is 5.13 Å². The maximum atomic E-state index is 12.5. The summed E-state index contributed by atoms with van der Waals surface area (Å²) in [6.07, 6.45) is 0.112. The van der Waals surface area contributed by atoms with E-state index in [2.05, 4.69) is 15.6 Å². The van der Waals surface area contributed by atoms with Crippen molar-refractivity contribution in [2.24, 2.45) is 0 Å². The van der Waals surface area contributed by atoms with Gasteiger partial charge in [0.1, 0.15) is 5.75 Å². The first kappa shape index (κ1) is 18.8. The third-order valence-corrected chi connectivity index (χ3v) is 5.09. The van der Waals surface area contributed by atoms with Gasteiger partial charge in [-0.1, -0.05) is 35.6 Å². The number of aryl methyl sites for hydroxylation is 1. The molecule has 2 N–H and O–H groups in total. The van der Waals surface area contributed by atoms with Crippen LogP contribution in [0.3, 0.4) is 0 Å². The molecule has 6 nitrogen and oxygen atoms in total. The lowest BCUT2D eigenvalue weighted by atomic mass is 10.0. The van der Waals surface area contributed by atoms with Crippen LogP contribution < -0.4 is 15.4 Å².